The Labute approximate surface area is 178 Å². The number of nitriles is 1. The number of nitrogens with one attached hydrogen (secondary N) is 2. The van der Waals surface area contributed by atoms with Crippen LogP contribution in [0.5, 0.6) is 5.75 Å². The molecule has 0 bridgehead atoms. The second-order valence-corrected chi connectivity index (χ2v) is 9.81. The number of nitrogens with zero attached hydrogens (tertiary/aromatic N) is 1. The molecule has 0 unspecified atom stereocenters. The zero-order valence-electron chi connectivity index (χ0n) is 16.1. The number of thiophene rings is 1. The topological polar surface area (TPSA) is 74.1 Å². The van der Waals surface area contributed by atoms with Crippen LogP contribution in [-0.4, -0.2) is 18.1 Å². The molecule has 1 aromatic heterocycles. The normalized spacial score (nSPS) is 16.8. The highest BCUT2D eigenvalue weighted by atomic mass is 35.5. The quantitative estimate of drug-likeness (QED) is 0.696. The highest BCUT2D eigenvalue weighted by molar-refractivity contribution is 7.17. The lowest BCUT2D eigenvalue weighted by atomic mass is 9.81. The van der Waals surface area contributed by atoms with Crippen molar-refractivity contribution in [3.8, 4) is 11.8 Å². The van der Waals surface area contributed by atoms with Crippen molar-refractivity contribution < 1.29 is 9.53 Å². The van der Waals surface area contributed by atoms with Crippen molar-refractivity contribution in [3.05, 3.63) is 44.2 Å². The molecule has 2 N–H and O–H groups in total. The molecule has 0 radical (unpaired) electrons. The standard InChI is InChI=1S/C20H21Cl2N3O2S/c1-19(2)8-12-13(9-23)18(28-17(12)20(3,4)25-19)24-16(26)10-27-15-6-5-11(21)7-14(15)22/h5-7,25H,8,10H2,1-4H3,(H,24,26). The smallest absolute Gasteiger partial charge is 0.262 e. The van der Waals surface area contributed by atoms with E-state index in [2.05, 4.69) is 44.4 Å². The maximum Gasteiger partial charge on any atom is 0.262 e. The lowest BCUT2D eigenvalue weighted by Crippen LogP contribution is -2.54. The van der Waals surface area contributed by atoms with E-state index in [0.717, 1.165) is 16.9 Å². The van der Waals surface area contributed by atoms with Crippen molar-refractivity contribution in [2.45, 2.75) is 45.2 Å². The van der Waals surface area contributed by atoms with Gasteiger partial charge < -0.3 is 15.4 Å². The number of rotatable bonds is 4. The van der Waals surface area contributed by atoms with Crippen molar-refractivity contribution in [2.75, 3.05) is 11.9 Å². The maximum atomic E-state index is 12.4. The Morgan fingerprint density at radius 2 is 2.07 bits per heavy atom. The van der Waals surface area contributed by atoms with Gasteiger partial charge in [-0.2, -0.15) is 5.26 Å². The van der Waals surface area contributed by atoms with Gasteiger partial charge in [0.1, 0.15) is 16.8 Å². The van der Waals surface area contributed by atoms with Crippen molar-refractivity contribution in [3.63, 3.8) is 0 Å². The Morgan fingerprint density at radius 1 is 1.36 bits per heavy atom. The minimum Gasteiger partial charge on any atom is -0.482 e. The van der Waals surface area contributed by atoms with Gasteiger partial charge in [-0.05, 0) is 57.9 Å². The molecule has 28 heavy (non-hydrogen) atoms. The van der Waals surface area contributed by atoms with Gasteiger partial charge in [0.05, 0.1) is 10.6 Å². The van der Waals surface area contributed by atoms with Gasteiger partial charge in [-0.1, -0.05) is 23.2 Å². The van der Waals surface area contributed by atoms with E-state index in [-0.39, 0.29) is 23.6 Å². The predicted molar refractivity (Wildman–Crippen MR) is 114 cm³/mol. The van der Waals surface area contributed by atoms with Crippen LogP contribution in [0.1, 0.15) is 43.7 Å². The molecule has 0 aliphatic carbocycles. The number of carbonyl (C=O) groups excluding carboxylic acids is 1. The molecule has 2 aromatic rings. The summed E-state index contributed by atoms with van der Waals surface area (Å²) in [5, 5.41) is 17.5. The van der Waals surface area contributed by atoms with Gasteiger partial charge >= 0.3 is 0 Å². The molecule has 0 fully saturated rings. The third kappa shape index (κ3) is 4.28. The van der Waals surface area contributed by atoms with E-state index in [1.54, 1.807) is 18.2 Å². The van der Waals surface area contributed by atoms with E-state index in [1.165, 1.54) is 11.3 Å². The number of hydrogen-bond donors (Lipinski definition) is 2. The summed E-state index contributed by atoms with van der Waals surface area (Å²) in [6.45, 7) is 8.17. The highest BCUT2D eigenvalue weighted by Gasteiger charge is 2.40. The molecule has 0 saturated heterocycles. The SMILES string of the molecule is CC1(C)Cc2c(sc(NC(=O)COc3ccc(Cl)cc3Cl)c2C#N)C(C)(C)N1. The van der Waals surface area contributed by atoms with Gasteiger partial charge in [0.25, 0.3) is 5.91 Å². The van der Waals surface area contributed by atoms with Crippen LogP contribution in [0.4, 0.5) is 5.00 Å². The molecular formula is C20H21Cl2N3O2S. The van der Waals surface area contributed by atoms with Crippen molar-refractivity contribution >= 4 is 45.4 Å². The highest BCUT2D eigenvalue weighted by Crippen LogP contribution is 2.44. The molecule has 148 valence electrons. The summed E-state index contributed by atoms with van der Waals surface area (Å²) in [6, 6.07) is 7.06. The Morgan fingerprint density at radius 3 is 2.71 bits per heavy atom. The van der Waals surface area contributed by atoms with Crippen LogP contribution < -0.4 is 15.4 Å². The van der Waals surface area contributed by atoms with Crippen molar-refractivity contribution in [1.82, 2.24) is 5.32 Å². The Kier molecular flexibility index (Phi) is 5.66. The monoisotopic (exact) mass is 437 g/mol. The van der Waals surface area contributed by atoms with Gasteiger partial charge in [-0.25, -0.2) is 0 Å². The Hall–Kier alpha value is -1.78. The molecule has 1 aliphatic rings. The molecule has 0 saturated carbocycles. The first kappa shape index (κ1) is 20.9. The van der Waals surface area contributed by atoms with E-state index in [0.29, 0.717) is 26.4 Å². The Balaban J connectivity index is 1.79. The van der Waals surface area contributed by atoms with E-state index < -0.39 is 0 Å². The van der Waals surface area contributed by atoms with Crippen LogP contribution >= 0.6 is 34.5 Å². The maximum absolute atomic E-state index is 12.4. The fourth-order valence-corrected chi connectivity index (χ4v) is 5.34. The zero-order valence-corrected chi connectivity index (χ0v) is 18.4. The summed E-state index contributed by atoms with van der Waals surface area (Å²) in [6.07, 6.45) is 0.720. The number of halogens is 2. The average molecular weight is 438 g/mol. The minimum atomic E-state index is -0.355. The van der Waals surface area contributed by atoms with Gasteiger partial charge in [0.2, 0.25) is 0 Å². The molecule has 2 heterocycles. The number of benzene rings is 1. The zero-order chi connectivity index (χ0) is 20.7. The van der Waals surface area contributed by atoms with E-state index >= 15 is 0 Å². The van der Waals surface area contributed by atoms with Gasteiger partial charge in [0, 0.05) is 21.0 Å². The number of amides is 1. The summed E-state index contributed by atoms with van der Waals surface area (Å²) in [5.74, 6) is 0.0189. The van der Waals surface area contributed by atoms with Crippen LogP contribution in [0.2, 0.25) is 10.0 Å². The van der Waals surface area contributed by atoms with Crippen LogP contribution in [-0.2, 0) is 16.8 Å². The second kappa shape index (κ2) is 7.57. The fourth-order valence-electron chi connectivity index (χ4n) is 3.63. The van der Waals surface area contributed by atoms with Gasteiger partial charge in [-0.3, -0.25) is 4.79 Å². The van der Waals surface area contributed by atoms with Crippen LogP contribution in [0.15, 0.2) is 18.2 Å². The largest absolute Gasteiger partial charge is 0.482 e. The summed E-state index contributed by atoms with van der Waals surface area (Å²) < 4.78 is 5.48. The molecule has 5 nitrogen and oxygen atoms in total. The molecule has 1 aromatic carbocycles. The first-order chi connectivity index (χ1) is 13.0. The lowest BCUT2D eigenvalue weighted by molar-refractivity contribution is -0.118. The van der Waals surface area contributed by atoms with Crippen molar-refractivity contribution in [1.29, 1.82) is 5.26 Å². The van der Waals surface area contributed by atoms with Crippen LogP contribution in [0, 0.1) is 11.3 Å². The molecular weight excluding hydrogens is 417 g/mol. The summed E-state index contributed by atoms with van der Waals surface area (Å²) >= 11 is 13.4. The third-order valence-corrected chi connectivity index (χ3v) is 6.46. The minimum absolute atomic E-state index is 0.140. The summed E-state index contributed by atoms with van der Waals surface area (Å²) in [7, 11) is 0. The molecule has 0 spiro atoms. The third-order valence-electron chi connectivity index (χ3n) is 4.46. The van der Waals surface area contributed by atoms with Crippen molar-refractivity contribution in [2.24, 2.45) is 0 Å². The van der Waals surface area contributed by atoms with E-state index in [9.17, 15) is 10.1 Å². The average Bonchev–Trinajstić information content (AvgIpc) is 2.90. The number of ether oxygens (including phenoxy) is 1. The molecule has 1 amide bonds. The number of anilines is 1. The first-order valence-electron chi connectivity index (χ1n) is 8.76. The van der Waals surface area contributed by atoms with E-state index in [1.807, 2.05) is 0 Å². The summed E-state index contributed by atoms with van der Waals surface area (Å²) in [4.78, 5) is 13.5. The van der Waals surface area contributed by atoms with Gasteiger partial charge in [0.15, 0.2) is 6.61 Å². The number of hydrogen-bond acceptors (Lipinski definition) is 5. The molecule has 8 heteroatoms. The first-order valence-corrected chi connectivity index (χ1v) is 10.3. The number of carbonyl (C=O) groups is 1. The predicted octanol–water partition coefficient (Wildman–Crippen LogP) is 5.10. The number of fused-ring (bicyclic) bond motifs is 1. The van der Waals surface area contributed by atoms with Crippen LogP contribution in [0.25, 0.3) is 0 Å². The summed E-state index contributed by atoms with van der Waals surface area (Å²) in [5.41, 5.74) is 1.10. The van der Waals surface area contributed by atoms with Gasteiger partial charge in [-0.15, -0.1) is 11.3 Å². The molecule has 1 aliphatic heterocycles. The van der Waals surface area contributed by atoms with E-state index in [4.69, 9.17) is 27.9 Å². The second-order valence-electron chi connectivity index (χ2n) is 7.95. The lowest BCUT2D eigenvalue weighted by Gasteiger charge is -2.42. The van der Waals surface area contributed by atoms with Crippen LogP contribution in [0.3, 0.4) is 0 Å². The Bertz CT molecular complexity index is 977. The molecule has 3 rings (SSSR count). The fraction of sp³-hybridized carbons (Fsp3) is 0.400. The molecule has 0 atom stereocenters.